The largest absolute Gasteiger partial charge is 0.497 e. The topological polar surface area (TPSA) is 78.5 Å². The molecule has 1 aliphatic rings. The molecule has 0 aliphatic carbocycles. The number of anilines is 1. The number of benzene rings is 1. The van der Waals surface area contributed by atoms with Crippen molar-refractivity contribution >= 4 is 22.9 Å². The first-order valence-corrected chi connectivity index (χ1v) is 5.69. The van der Waals surface area contributed by atoms with E-state index in [0.717, 1.165) is 16.8 Å². The van der Waals surface area contributed by atoms with Gasteiger partial charge in [-0.1, -0.05) is 0 Å². The molecule has 1 unspecified atom stereocenters. The molecular weight excluding hydrogens is 234 g/mol. The van der Waals surface area contributed by atoms with E-state index >= 15 is 0 Å². The summed E-state index contributed by atoms with van der Waals surface area (Å²) < 4.78 is 5.13. The number of ether oxygens (including phenoxy) is 1. The molecule has 1 aromatic heterocycles. The van der Waals surface area contributed by atoms with Crippen molar-refractivity contribution in [2.45, 2.75) is 12.5 Å². The van der Waals surface area contributed by atoms with Crippen LogP contribution in [0.15, 0.2) is 18.2 Å². The van der Waals surface area contributed by atoms with Crippen molar-refractivity contribution in [2.24, 2.45) is 0 Å². The molecule has 2 N–H and O–H groups in total. The molecule has 0 saturated carbocycles. The second-order valence-corrected chi connectivity index (χ2v) is 4.31. The van der Waals surface area contributed by atoms with Crippen molar-refractivity contribution in [3.8, 4) is 5.75 Å². The number of imidazole rings is 1. The van der Waals surface area contributed by atoms with Gasteiger partial charge in [0, 0.05) is 6.07 Å². The third-order valence-electron chi connectivity index (χ3n) is 3.04. The number of H-pyrrole nitrogens is 1. The predicted molar refractivity (Wildman–Crippen MR) is 65.6 cm³/mol. The van der Waals surface area contributed by atoms with E-state index in [2.05, 4.69) is 9.97 Å². The van der Waals surface area contributed by atoms with Crippen LogP contribution >= 0.6 is 0 Å². The van der Waals surface area contributed by atoms with Gasteiger partial charge in [-0.15, -0.1) is 0 Å². The molecule has 3 rings (SSSR count). The molecule has 0 spiro atoms. The van der Waals surface area contributed by atoms with Crippen molar-refractivity contribution in [3.05, 3.63) is 18.2 Å². The maximum atomic E-state index is 11.7. The monoisotopic (exact) mass is 247 g/mol. The van der Waals surface area contributed by atoms with Gasteiger partial charge in [-0.05, 0) is 12.1 Å². The van der Waals surface area contributed by atoms with Crippen molar-refractivity contribution in [1.82, 2.24) is 9.97 Å². The average Bonchev–Trinajstić information content (AvgIpc) is 2.90. The molecule has 1 atom stereocenters. The summed E-state index contributed by atoms with van der Waals surface area (Å²) in [5, 5.41) is 9.46. The summed E-state index contributed by atoms with van der Waals surface area (Å²) >= 11 is 0. The number of nitrogens with one attached hydrogen (secondary N) is 1. The summed E-state index contributed by atoms with van der Waals surface area (Å²) in [6.45, 7) is 0.287. The summed E-state index contributed by atoms with van der Waals surface area (Å²) in [6.07, 6.45) is -0.458. The SMILES string of the molecule is COc1ccc2nc(N3CC(O)CC3=O)[nH]c2c1. The standard InChI is InChI=1S/C12H13N3O3/c1-18-8-2-3-9-10(5-8)14-12(13-9)15-6-7(16)4-11(15)17/h2-3,5,7,16H,4,6H2,1H3,(H,13,14). The number of rotatable bonds is 2. The lowest BCUT2D eigenvalue weighted by molar-refractivity contribution is -0.117. The molecule has 6 heteroatoms. The molecule has 1 aromatic carbocycles. The first-order valence-electron chi connectivity index (χ1n) is 5.69. The number of aliphatic hydroxyl groups is 1. The number of hydrogen-bond acceptors (Lipinski definition) is 4. The lowest BCUT2D eigenvalue weighted by Crippen LogP contribution is -2.26. The molecule has 0 bridgehead atoms. The van der Waals surface area contributed by atoms with Crippen LogP contribution in [-0.4, -0.2) is 40.7 Å². The van der Waals surface area contributed by atoms with Gasteiger partial charge in [0.2, 0.25) is 11.9 Å². The van der Waals surface area contributed by atoms with E-state index in [1.165, 1.54) is 4.90 Å². The van der Waals surface area contributed by atoms with Gasteiger partial charge >= 0.3 is 0 Å². The molecule has 2 aromatic rings. The number of β-amino-alcohol motifs (C(OH)–C–C–N with tert-alkyl or cyclic N) is 1. The molecule has 2 heterocycles. The minimum atomic E-state index is -0.611. The van der Waals surface area contributed by atoms with Crippen LogP contribution in [0.25, 0.3) is 11.0 Å². The number of aromatic amines is 1. The molecule has 1 saturated heterocycles. The molecule has 1 fully saturated rings. The summed E-state index contributed by atoms with van der Waals surface area (Å²) in [5.74, 6) is 1.08. The fourth-order valence-electron chi connectivity index (χ4n) is 2.12. The Hall–Kier alpha value is -2.08. The molecule has 18 heavy (non-hydrogen) atoms. The highest BCUT2D eigenvalue weighted by Gasteiger charge is 2.30. The van der Waals surface area contributed by atoms with Crippen molar-refractivity contribution in [3.63, 3.8) is 0 Å². The van der Waals surface area contributed by atoms with Gasteiger partial charge in [0.1, 0.15) is 5.75 Å². The number of hydrogen-bond donors (Lipinski definition) is 2. The van der Waals surface area contributed by atoms with E-state index in [9.17, 15) is 9.90 Å². The summed E-state index contributed by atoms with van der Waals surface area (Å²) in [4.78, 5) is 20.5. The van der Waals surface area contributed by atoms with Crippen LogP contribution in [0.1, 0.15) is 6.42 Å². The second kappa shape index (κ2) is 3.99. The van der Waals surface area contributed by atoms with Gasteiger partial charge in [-0.3, -0.25) is 9.69 Å². The third-order valence-corrected chi connectivity index (χ3v) is 3.04. The van der Waals surface area contributed by atoms with E-state index in [-0.39, 0.29) is 18.9 Å². The zero-order chi connectivity index (χ0) is 12.7. The Balaban J connectivity index is 2.00. The number of fused-ring (bicyclic) bond motifs is 1. The summed E-state index contributed by atoms with van der Waals surface area (Å²) in [6, 6.07) is 5.46. The summed E-state index contributed by atoms with van der Waals surface area (Å²) in [5.41, 5.74) is 1.57. The number of aromatic nitrogens is 2. The lowest BCUT2D eigenvalue weighted by Gasteiger charge is -2.10. The second-order valence-electron chi connectivity index (χ2n) is 4.31. The van der Waals surface area contributed by atoms with Gasteiger partial charge in [0.05, 0.1) is 37.2 Å². The van der Waals surface area contributed by atoms with Crippen molar-refractivity contribution < 1.29 is 14.6 Å². The zero-order valence-corrected chi connectivity index (χ0v) is 9.88. The highest BCUT2D eigenvalue weighted by Crippen LogP contribution is 2.24. The van der Waals surface area contributed by atoms with Crippen LogP contribution in [-0.2, 0) is 4.79 Å². The quantitative estimate of drug-likeness (QED) is 0.817. The van der Waals surface area contributed by atoms with Crippen LogP contribution in [0.4, 0.5) is 5.95 Å². The van der Waals surface area contributed by atoms with Gasteiger partial charge in [-0.2, -0.15) is 0 Å². The van der Waals surface area contributed by atoms with Crippen molar-refractivity contribution in [1.29, 1.82) is 0 Å². The van der Waals surface area contributed by atoms with Crippen LogP contribution in [0.5, 0.6) is 5.75 Å². The predicted octanol–water partition coefficient (Wildman–Crippen LogP) is 0.669. The Morgan fingerprint density at radius 3 is 3.06 bits per heavy atom. The van der Waals surface area contributed by atoms with E-state index in [1.54, 1.807) is 7.11 Å². The Morgan fingerprint density at radius 1 is 1.56 bits per heavy atom. The lowest BCUT2D eigenvalue weighted by atomic mass is 10.3. The smallest absolute Gasteiger partial charge is 0.232 e. The van der Waals surface area contributed by atoms with Crippen molar-refractivity contribution in [2.75, 3.05) is 18.6 Å². The fraction of sp³-hybridized carbons (Fsp3) is 0.333. The summed E-state index contributed by atoms with van der Waals surface area (Å²) in [7, 11) is 1.60. The molecule has 94 valence electrons. The number of nitrogens with zero attached hydrogens (tertiary/aromatic N) is 2. The average molecular weight is 247 g/mol. The Bertz CT molecular complexity index is 608. The van der Waals surface area contributed by atoms with E-state index < -0.39 is 6.10 Å². The Kier molecular flexibility index (Phi) is 2.45. The van der Waals surface area contributed by atoms with Crippen LogP contribution in [0.3, 0.4) is 0 Å². The normalized spacial score (nSPS) is 19.8. The Labute approximate surface area is 103 Å². The van der Waals surface area contributed by atoms with E-state index in [0.29, 0.717) is 5.95 Å². The highest BCUT2D eigenvalue weighted by atomic mass is 16.5. The zero-order valence-electron chi connectivity index (χ0n) is 9.88. The first kappa shape index (κ1) is 11.0. The van der Waals surface area contributed by atoms with Gasteiger partial charge < -0.3 is 14.8 Å². The fourth-order valence-corrected chi connectivity index (χ4v) is 2.12. The first-order chi connectivity index (χ1) is 8.67. The highest BCUT2D eigenvalue weighted by molar-refractivity contribution is 5.96. The van der Waals surface area contributed by atoms with E-state index in [4.69, 9.17) is 4.74 Å². The number of amides is 1. The molecule has 0 radical (unpaired) electrons. The van der Waals surface area contributed by atoms with Crippen LogP contribution in [0.2, 0.25) is 0 Å². The number of carbonyl (C=O) groups excluding carboxylic acids is 1. The van der Waals surface area contributed by atoms with Crippen LogP contribution in [0, 0.1) is 0 Å². The number of carbonyl (C=O) groups is 1. The van der Waals surface area contributed by atoms with Gasteiger partial charge in [0.25, 0.3) is 0 Å². The van der Waals surface area contributed by atoms with Gasteiger partial charge in [0.15, 0.2) is 0 Å². The Morgan fingerprint density at radius 2 is 2.39 bits per heavy atom. The number of methoxy groups -OCH3 is 1. The molecule has 1 amide bonds. The number of aliphatic hydroxyl groups excluding tert-OH is 1. The molecular formula is C12H13N3O3. The molecule has 6 nitrogen and oxygen atoms in total. The van der Waals surface area contributed by atoms with E-state index in [1.807, 2.05) is 18.2 Å². The van der Waals surface area contributed by atoms with Gasteiger partial charge in [-0.25, -0.2) is 4.98 Å². The van der Waals surface area contributed by atoms with Crippen LogP contribution < -0.4 is 9.64 Å². The third kappa shape index (κ3) is 1.70. The minimum absolute atomic E-state index is 0.117. The molecule has 1 aliphatic heterocycles. The maximum Gasteiger partial charge on any atom is 0.232 e. The maximum absolute atomic E-state index is 11.7. The minimum Gasteiger partial charge on any atom is -0.497 e.